The maximum Gasteiger partial charge on any atom is 0.410 e. The first-order valence-electron chi connectivity index (χ1n) is 10.5. The van der Waals surface area contributed by atoms with Gasteiger partial charge in [-0.1, -0.05) is 72.8 Å². The van der Waals surface area contributed by atoms with Crippen LogP contribution in [-0.4, -0.2) is 46.4 Å². The average molecular weight is 409 g/mol. The molecule has 1 fully saturated rings. The van der Waals surface area contributed by atoms with E-state index in [0.717, 1.165) is 11.1 Å². The second-order valence-corrected chi connectivity index (χ2v) is 8.83. The Morgan fingerprint density at radius 3 is 2.43 bits per heavy atom. The molecule has 5 nitrogen and oxygen atoms in total. The van der Waals surface area contributed by atoms with Gasteiger partial charge in [0.2, 0.25) is 0 Å². The molecule has 0 bridgehead atoms. The molecule has 2 atom stereocenters. The van der Waals surface area contributed by atoms with Crippen LogP contribution in [0.4, 0.5) is 4.79 Å². The smallest absolute Gasteiger partial charge is 0.410 e. The number of nitrogens with one attached hydrogen (secondary N) is 1. The molecule has 160 valence electrons. The zero-order valence-electron chi connectivity index (χ0n) is 18.0. The Bertz CT molecular complexity index is 846. The van der Waals surface area contributed by atoms with Gasteiger partial charge in [0, 0.05) is 19.6 Å². The highest BCUT2D eigenvalue weighted by atomic mass is 16.6. The Morgan fingerprint density at radius 1 is 1.17 bits per heavy atom. The van der Waals surface area contributed by atoms with E-state index in [1.54, 1.807) is 4.90 Å². The van der Waals surface area contributed by atoms with Gasteiger partial charge in [-0.3, -0.25) is 0 Å². The molecule has 1 heterocycles. The molecule has 2 aromatic carbocycles. The average Bonchev–Trinajstić information content (AvgIpc) is 2.72. The Balaban J connectivity index is 1.76. The number of amides is 1. The van der Waals surface area contributed by atoms with Crippen molar-refractivity contribution in [1.29, 1.82) is 0 Å². The summed E-state index contributed by atoms with van der Waals surface area (Å²) in [6, 6.07) is 19.6. The predicted molar refractivity (Wildman–Crippen MR) is 120 cm³/mol. The molecule has 1 amide bonds. The first-order valence-corrected chi connectivity index (χ1v) is 10.5. The first kappa shape index (κ1) is 22.1. The fraction of sp³-hybridized carbons (Fsp3) is 0.400. The van der Waals surface area contributed by atoms with E-state index in [2.05, 4.69) is 5.32 Å². The first-order chi connectivity index (χ1) is 14.3. The molecule has 30 heavy (non-hydrogen) atoms. The third-order valence-corrected chi connectivity index (χ3v) is 5.20. The Labute approximate surface area is 179 Å². The molecule has 0 spiro atoms. The van der Waals surface area contributed by atoms with Crippen molar-refractivity contribution in [3.05, 3.63) is 77.9 Å². The summed E-state index contributed by atoms with van der Waals surface area (Å²) in [5, 5.41) is 14.9. The number of hydrogen-bond acceptors (Lipinski definition) is 4. The van der Waals surface area contributed by atoms with Gasteiger partial charge in [0.05, 0.1) is 6.04 Å². The summed E-state index contributed by atoms with van der Waals surface area (Å²) in [7, 11) is 0. The Morgan fingerprint density at radius 2 is 1.80 bits per heavy atom. The van der Waals surface area contributed by atoms with E-state index >= 15 is 0 Å². The fourth-order valence-electron chi connectivity index (χ4n) is 3.53. The molecule has 1 aliphatic rings. The van der Waals surface area contributed by atoms with Crippen molar-refractivity contribution in [3.63, 3.8) is 0 Å². The van der Waals surface area contributed by atoms with Crippen molar-refractivity contribution >= 4 is 12.2 Å². The molecular formula is C25H32N2O3. The Hall–Kier alpha value is -2.63. The van der Waals surface area contributed by atoms with Gasteiger partial charge in [-0.05, 0) is 38.3 Å². The third kappa shape index (κ3) is 6.18. The minimum atomic E-state index is -1.07. The van der Waals surface area contributed by atoms with Crippen LogP contribution in [0.15, 0.2) is 66.7 Å². The van der Waals surface area contributed by atoms with Crippen molar-refractivity contribution in [2.75, 3.05) is 13.1 Å². The quantitative estimate of drug-likeness (QED) is 0.777. The van der Waals surface area contributed by atoms with Crippen LogP contribution in [0.5, 0.6) is 0 Å². The molecule has 2 aromatic rings. The van der Waals surface area contributed by atoms with Crippen molar-refractivity contribution in [1.82, 2.24) is 10.2 Å². The lowest BCUT2D eigenvalue weighted by atomic mass is 9.85. The summed E-state index contributed by atoms with van der Waals surface area (Å²) in [4.78, 5) is 14.3. The lowest BCUT2D eigenvalue weighted by Crippen LogP contribution is -2.61. The SMILES string of the molecule is CC(C)(C)OC(=O)N1CC[C@@](O)(/C=C/c2ccccc2)[C@@H](NCc2ccccc2)C1. The van der Waals surface area contributed by atoms with Gasteiger partial charge < -0.3 is 20.1 Å². The zero-order valence-corrected chi connectivity index (χ0v) is 18.0. The van der Waals surface area contributed by atoms with E-state index in [1.807, 2.05) is 93.6 Å². The van der Waals surface area contributed by atoms with Gasteiger partial charge in [0.15, 0.2) is 0 Å². The number of piperidine rings is 1. The largest absolute Gasteiger partial charge is 0.444 e. The Kier molecular flexibility index (Phi) is 6.95. The standard InChI is InChI=1S/C25H32N2O3/c1-24(2,3)30-23(28)27-17-16-25(29,15-14-20-10-6-4-7-11-20)22(19-27)26-18-21-12-8-5-9-13-21/h4-15,22,26,29H,16-19H2,1-3H3/b15-14+/t22-,25-/m0/s1. The second kappa shape index (κ2) is 9.45. The summed E-state index contributed by atoms with van der Waals surface area (Å²) in [6.07, 6.45) is 3.89. The molecule has 0 aliphatic carbocycles. The number of carbonyl (C=O) groups excluding carboxylic acids is 1. The molecule has 1 aliphatic heterocycles. The second-order valence-electron chi connectivity index (χ2n) is 8.83. The van der Waals surface area contributed by atoms with Gasteiger partial charge in [-0.2, -0.15) is 0 Å². The molecular weight excluding hydrogens is 376 g/mol. The van der Waals surface area contributed by atoms with E-state index in [9.17, 15) is 9.90 Å². The van der Waals surface area contributed by atoms with Crippen LogP contribution < -0.4 is 5.32 Å². The normalized spacial score (nSPS) is 22.3. The van der Waals surface area contributed by atoms with Crippen LogP contribution in [0.1, 0.15) is 38.3 Å². The highest BCUT2D eigenvalue weighted by Gasteiger charge is 2.41. The van der Waals surface area contributed by atoms with Gasteiger partial charge in [-0.15, -0.1) is 0 Å². The van der Waals surface area contributed by atoms with E-state index in [1.165, 1.54) is 0 Å². The zero-order chi connectivity index (χ0) is 21.6. The molecule has 2 N–H and O–H groups in total. The van der Waals surface area contributed by atoms with E-state index in [-0.39, 0.29) is 12.1 Å². The summed E-state index contributed by atoms with van der Waals surface area (Å²) in [5.41, 5.74) is 0.539. The number of carbonyl (C=O) groups is 1. The van der Waals surface area contributed by atoms with Gasteiger partial charge >= 0.3 is 6.09 Å². The number of ether oxygens (including phenoxy) is 1. The molecule has 0 unspecified atom stereocenters. The van der Waals surface area contributed by atoms with Crippen LogP contribution in [0.25, 0.3) is 6.08 Å². The summed E-state index contributed by atoms with van der Waals surface area (Å²) in [6.45, 7) is 7.00. The highest BCUT2D eigenvalue weighted by molar-refractivity contribution is 5.68. The predicted octanol–water partition coefficient (Wildman–Crippen LogP) is 4.23. The van der Waals surface area contributed by atoms with Gasteiger partial charge in [0.1, 0.15) is 11.2 Å². The van der Waals surface area contributed by atoms with Crippen LogP contribution >= 0.6 is 0 Å². The lowest BCUT2D eigenvalue weighted by Gasteiger charge is -2.43. The summed E-state index contributed by atoms with van der Waals surface area (Å²) >= 11 is 0. The number of benzene rings is 2. The maximum atomic E-state index is 12.6. The van der Waals surface area contributed by atoms with Crippen molar-refractivity contribution in [3.8, 4) is 0 Å². The fourth-order valence-corrected chi connectivity index (χ4v) is 3.53. The van der Waals surface area contributed by atoms with Crippen LogP contribution in [-0.2, 0) is 11.3 Å². The third-order valence-electron chi connectivity index (χ3n) is 5.20. The minimum absolute atomic E-state index is 0.320. The minimum Gasteiger partial charge on any atom is -0.444 e. The molecule has 0 aromatic heterocycles. The number of hydrogen-bond donors (Lipinski definition) is 2. The number of likely N-dealkylation sites (tertiary alicyclic amines) is 1. The van der Waals surface area contributed by atoms with Gasteiger partial charge in [0.25, 0.3) is 0 Å². The molecule has 3 rings (SSSR count). The monoisotopic (exact) mass is 408 g/mol. The van der Waals surface area contributed by atoms with E-state index in [4.69, 9.17) is 4.74 Å². The molecule has 1 saturated heterocycles. The van der Waals surface area contributed by atoms with E-state index < -0.39 is 11.2 Å². The molecule has 0 radical (unpaired) electrons. The molecule has 5 heteroatoms. The van der Waals surface area contributed by atoms with Gasteiger partial charge in [-0.25, -0.2) is 4.79 Å². The van der Waals surface area contributed by atoms with E-state index in [0.29, 0.717) is 26.1 Å². The number of rotatable bonds is 5. The number of aliphatic hydroxyl groups is 1. The van der Waals surface area contributed by atoms with Crippen molar-refractivity contribution in [2.45, 2.75) is 51.0 Å². The summed E-state index contributed by atoms with van der Waals surface area (Å²) in [5.74, 6) is 0. The van der Waals surface area contributed by atoms with Crippen LogP contribution in [0, 0.1) is 0 Å². The topological polar surface area (TPSA) is 61.8 Å². The maximum absolute atomic E-state index is 12.6. The van der Waals surface area contributed by atoms with Crippen LogP contribution in [0.2, 0.25) is 0 Å². The lowest BCUT2D eigenvalue weighted by molar-refractivity contribution is -0.0278. The summed E-state index contributed by atoms with van der Waals surface area (Å²) < 4.78 is 5.55. The van der Waals surface area contributed by atoms with Crippen molar-refractivity contribution in [2.24, 2.45) is 0 Å². The number of nitrogens with zero attached hydrogens (tertiary/aromatic N) is 1. The molecule has 0 saturated carbocycles. The van der Waals surface area contributed by atoms with Crippen molar-refractivity contribution < 1.29 is 14.6 Å². The highest BCUT2D eigenvalue weighted by Crippen LogP contribution is 2.27. The van der Waals surface area contributed by atoms with Crippen LogP contribution in [0.3, 0.4) is 0 Å².